The van der Waals surface area contributed by atoms with Gasteiger partial charge in [0.05, 0.1) is 26.1 Å². The minimum Gasteiger partial charge on any atom is -0.497 e. The first-order chi connectivity index (χ1) is 17.0. The van der Waals surface area contributed by atoms with E-state index in [1.807, 2.05) is 72.4 Å². The van der Waals surface area contributed by atoms with Gasteiger partial charge >= 0.3 is 0 Å². The number of carbonyl (C=O) groups is 2. The van der Waals surface area contributed by atoms with Gasteiger partial charge in [-0.2, -0.15) is 0 Å². The normalized spacial score (nSPS) is 16.4. The van der Waals surface area contributed by atoms with Gasteiger partial charge in [-0.3, -0.25) is 9.59 Å². The van der Waals surface area contributed by atoms with Crippen LogP contribution in [0.3, 0.4) is 0 Å². The van der Waals surface area contributed by atoms with Crippen LogP contribution in [0.2, 0.25) is 0 Å². The lowest BCUT2D eigenvalue weighted by Crippen LogP contribution is -2.46. The van der Waals surface area contributed by atoms with Gasteiger partial charge in [0.15, 0.2) is 0 Å². The van der Waals surface area contributed by atoms with Crippen LogP contribution in [0.1, 0.15) is 36.7 Å². The van der Waals surface area contributed by atoms with Gasteiger partial charge in [-0.05, 0) is 42.7 Å². The maximum Gasteiger partial charge on any atom is 0.226 e. The Bertz CT molecular complexity index is 1130. The third kappa shape index (κ3) is 6.20. The van der Waals surface area contributed by atoms with Crippen LogP contribution in [0.5, 0.6) is 11.5 Å². The molecule has 2 aromatic carbocycles. The van der Waals surface area contributed by atoms with Crippen LogP contribution in [0.4, 0.5) is 0 Å². The summed E-state index contributed by atoms with van der Waals surface area (Å²) in [5.41, 5.74) is 0.883. The van der Waals surface area contributed by atoms with Crippen molar-refractivity contribution in [2.75, 3.05) is 26.8 Å². The zero-order valence-electron chi connectivity index (χ0n) is 20.2. The molecule has 2 amide bonds. The molecule has 0 saturated carbocycles. The lowest BCUT2D eigenvalue weighted by Gasteiger charge is -2.33. The molecule has 1 aliphatic heterocycles. The number of aryl methyl sites for hydroxylation is 1. The van der Waals surface area contributed by atoms with Crippen molar-refractivity contribution < 1.29 is 19.1 Å². The maximum atomic E-state index is 13.4. The maximum absolute atomic E-state index is 13.4. The number of nitrogens with one attached hydrogen (secondary N) is 1. The fourth-order valence-electron chi connectivity index (χ4n) is 4.38. The van der Waals surface area contributed by atoms with E-state index in [0.29, 0.717) is 25.4 Å². The minimum atomic E-state index is -0.428. The monoisotopic (exact) mass is 476 g/mol. The van der Waals surface area contributed by atoms with Crippen molar-refractivity contribution in [2.24, 2.45) is 13.0 Å². The fraction of sp³-hybridized carbons (Fsp3) is 0.370. The predicted molar refractivity (Wildman–Crippen MR) is 132 cm³/mol. The number of amides is 2. The summed E-state index contributed by atoms with van der Waals surface area (Å²) in [6, 6.07) is 16.6. The van der Waals surface area contributed by atoms with Gasteiger partial charge < -0.3 is 24.3 Å². The molecule has 4 rings (SSSR count). The van der Waals surface area contributed by atoms with Crippen LogP contribution < -0.4 is 14.8 Å². The lowest BCUT2D eigenvalue weighted by molar-refractivity contribution is -0.136. The number of carbonyl (C=O) groups excluding carboxylic acids is 2. The molecular formula is C27H32N4O4. The number of aromatic nitrogens is 2. The summed E-state index contributed by atoms with van der Waals surface area (Å²) in [5, 5.41) is 3.18. The summed E-state index contributed by atoms with van der Waals surface area (Å²) in [6.45, 7) is 1.38. The van der Waals surface area contributed by atoms with Crippen LogP contribution in [0.15, 0.2) is 67.0 Å². The molecule has 2 heterocycles. The summed E-state index contributed by atoms with van der Waals surface area (Å²) in [4.78, 5) is 32.4. The van der Waals surface area contributed by atoms with Crippen LogP contribution in [-0.4, -0.2) is 53.1 Å². The van der Waals surface area contributed by atoms with Crippen molar-refractivity contribution in [3.8, 4) is 11.5 Å². The van der Waals surface area contributed by atoms with Crippen molar-refractivity contribution in [1.29, 1.82) is 0 Å². The van der Waals surface area contributed by atoms with Crippen LogP contribution in [-0.2, 0) is 16.6 Å². The molecule has 0 bridgehead atoms. The largest absolute Gasteiger partial charge is 0.497 e. The molecule has 1 aliphatic rings. The van der Waals surface area contributed by atoms with E-state index in [1.165, 1.54) is 0 Å². The number of piperidine rings is 1. The van der Waals surface area contributed by atoms with Crippen molar-refractivity contribution in [3.63, 3.8) is 0 Å². The number of benzene rings is 2. The van der Waals surface area contributed by atoms with E-state index in [9.17, 15) is 9.59 Å². The highest BCUT2D eigenvalue weighted by Crippen LogP contribution is 2.26. The minimum absolute atomic E-state index is 0.00637. The van der Waals surface area contributed by atoms with Gasteiger partial charge in [0.2, 0.25) is 11.8 Å². The molecule has 2 atom stereocenters. The Morgan fingerprint density at radius 2 is 1.94 bits per heavy atom. The Kier molecular flexibility index (Phi) is 8.03. The molecule has 1 fully saturated rings. The number of likely N-dealkylation sites (tertiary alicyclic amines) is 1. The van der Waals surface area contributed by atoms with E-state index in [0.717, 1.165) is 30.0 Å². The molecule has 8 nitrogen and oxygen atoms in total. The van der Waals surface area contributed by atoms with Gasteiger partial charge in [0.25, 0.3) is 0 Å². The molecule has 2 unspecified atom stereocenters. The fourth-order valence-corrected chi connectivity index (χ4v) is 4.38. The molecule has 0 spiro atoms. The number of methoxy groups -OCH3 is 1. The summed E-state index contributed by atoms with van der Waals surface area (Å²) < 4.78 is 12.9. The highest BCUT2D eigenvalue weighted by atomic mass is 16.5. The molecule has 1 aromatic heterocycles. The second-order valence-corrected chi connectivity index (χ2v) is 8.70. The molecule has 0 radical (unpaired) electrons. The molecule has 1 saturated heterocycles. The Morgan fingerprint density at radius 1 is 1.14 bits per heavy atom. The summed E-state index contributed by atoms with van der Waals surface area (Å²) in [5.74, 6) is 1.83. The Labute approximate surface area is 205 Å². The first kappa shape index (κ1) is 24.3. The Balaban J connectivity index is 1.39. The molecule has 0 aliphatic carbocycles. The average molecular weight is 477 g/mol. The van der Waals surface area contributed by atoms with Crippen LogP contribution >= 0.6 is 0 Å². The molecule has 184 valence electrons. The third-order valence-electron chi connectivity index (χ3n) is 6.30. The topological polar surface area (TPSA) is 85.7 Å². The highest BCUT2D eigenvalue weighted by Gasteiger charge is 2.31. The number of ether oxygens (including phenoxy) is 2. The second-order valence-electron chi connectivity index (χ2n) is 8.70. The highest BCUT2D eigenvalue weighted by molar-refractivity contribution is 5.82. The first-order valence-electron chi connectivity index (χ1n) is 11.9. The number of imidazole rings is 1. The number of hydrogen-bond donors (Lipinski definition) is 1. The van der Waals surface area contributed by atoms with E-state index >= 15 is 0 Å². The first-order valence-corrected chi connectivity index (χ1v) is 11.9. The molecule has 35 heavy (non-hydrogen) atoms. The number of hydrogen-bond acceptors (Lipinski definition) is 5. The van der Waals surface area contributed by atoms with Crippen molar-refractivity contribution in [3.05, 3.63) is 78.4 Å². The molecule has 3 aromatic rings. The number of nitrogens with zero attached hydrogens (tertiary/aromatic N) is 3. The van der Waals surface area contributed by atoms with Crippen molar-refractivity contribution >= 4 is 11.8 Å². The lowest BCUT2D eigenvalue weighted by atomic mass is 9.95. The van der Waals surface area contributed by atoms with E-state index in [4.69, 9.17) is 9.47 Å². The van der Waals surface area contributed by atoms with Gasteiger partial charge in [0, 0.05) is 32.5 Å². The predicted octanol–water partition coefficient (Wildman–Crippen LogP) is 3.34. The number of para-hydroxylation sites is 1. The summed E-state index contributed by atoms with van der Waals surface area (Å²) in [7, 11) is 3.52. The zero-order valence-corrected chi connectivity index (χ0v) is 20.2. The second kappa shape index (κ2) is 11.6. The SMILES string of the molecule is COc1cccc(C(NC(=O)C2CCCN(C(=O)CCOc3ccccc3)C2)c2nccn2C)c1. The standard InChI is InChI=1S/C27H32N4O4/c1-30-16-14-28-26(30)25(20-8-6-12-23(18-20)34-2)29-27(33)21-9-7-15-31(19-21)24(32)13-17-35-22-10-4-3-5-11-22/h3-6,8,10-12,14,16,18,21,25H,7,9,13,15,17,19H2,1-2H3,(H,29,33). The molecular weight excluding hydrogens is 444 g/mol. The molecule has 1 N–H and O–H groups in total. The summed E-state index contributed by atoms with van der Waals surface area (Å²) >= 11 is 0. The van der Waals surface area contributed by atoms with Crippen LogP contribution in [0.25, 0.3) is 0 Å². The quantitative estimate of drug-likeness (QED) is 0.512. The average Bonchev–Trinajstić information content (AvgIpc) is 3.33. The number of rotatable bonds is 9. The van der Waals surface area contributed by atoms with Crippen LogP contribution in [0, 0.1) is 5.92 Å². The molecule has 8 heteroatoms. The van der Waals surface area contributed by atoms with Gasteiger partial charge in [0.1, 0.15) is 23.4 Å². The summed E-state index contributed by atoms with van der Waals surface area (Å²) in [6.07, 6.45) is 5.38. The van der Waals surface area contributed by atoms with Crippen molar-refractivity contribution in [2.45, 2.75) is 25.3 Å². The Morgan fingerprint density at radius 3 is 2.69 bits per heavy atom. The van der Waals surface area contributed by atoms with E-state index in [1.54, 1.807) is 18.2 Å². The van der Waals surface area contributed by atoms with E-state index < -0.39 is 6.04 Å². The van der Waals surface area contributed by atoms with E-state index in [2.05, 4.69) is 10.3 Å². The van der Waals surface area contributed by atoms with Gasteiger partial charge in [-0.1, -0.05) is 30.3 Å². The zero-order chi connectivity index (χ0) is 24.6. The van der Waals surface area contributed by atoms with Gasteiger partial charge in [-0.25, -0.2) is 4.98 Å². The third-order valence-corrected chi connectivity index (χ3v) is 6.30. The van der Waals surface area contributed by atoms with E-state index in [-0.39, 0.29) is 24.2 Å². The Hall–Kier alpha value is -3.81. The smallest absolute Gasteiger partial charge is 0.226 e. The van der Waals surface area contributed by atoms with Crippen molar-refractivity contribution in [1.82, 2.24) is 19.8 Å². The van der Waals surface area contributed by atoms with Gasteiger partial charge in [-0.15, -0.1) is 0 Å².